The van der Waals surface area contributed by atoms with Crippen LogP contribution in [0.3, 0.4) is 0 Å². The predicted octanol–water partition coefficient (Wildman–Crippen LogP) is 2.63. The zero-order valence-corrected chi connectivity index (χ0v) is 16.0. The highest BCUT2D eigenvalue weighted by Gasteiger charge is 2.32. The van der Waals surface area contributed by atoms with Crippen molar-refractivity contribution in [1.82, 2.24) is 14.2 Å². The Hall–Kier alpha value is -1.09. The van der Waals surface area contributed by atoms with Gasteiger partial charge in [0.15, 0.2) is 0 Å². The van der Waals surface area contributed by atoms with Crippen molar-refractivity contribution in [2.75, 3.05) is 26.2 Å². The summed E-state index contributed by atoms with van der Waals surface area (Å²) in [7, 11) is -3.74. The minimum absolute atomic E-state index is 0.0254. The highest BCUT2D eigenvalue weighted by atomic mass is 35.5. The van der Waals surface area contributed by atoms with Gasteiger partial charge in [-0.05, 0) is 26.8 Å². The third kappa shape index (κ3) is 4.50. The standard InChI is InChI=1S/C14H19Cl2N3O4S/c1-14(2,3)23-13(20)18-4-6-19(7-5-18)24(21,22)10-8-11(15)12(16)17-9-10/h8-9H,4-7H2,1-3H3. The van der Waals surface area contributed by atoms with Gasteiger partial charge in [0.2, 0.25) is 10.0 Å². The summed E-state index contributed by atoms with van der Waals surface area (Å²) in [6.07, 6.45) is 0.722. The molecule has 0 N–H and O–H groups in total. The zero-order valence-electron chi connectivity index (χ0n) is 13.6. The monoisotopic (exact) mass is 395 g/mol. The quantitative estimate of drug-likeness (QED) is 0.718. The first kappa shape index (κ1) is 19.2. The molecule has 1 aromatic rings. The van der Waals surface area contributed by atoms with Gasteiger partial charge in [0.1, 0.15) is 15.6 Å². The van der Waals surface area contributed by atoms with Crippen molar-refractivity contribution in [1.29, 1.82) is 0 Å². The van der Waals surface area contributed by atoms with Crippen molar-refractivity contribution in [3.63, 3.8) is 0 Å². The molecule has 1 fully saturated rings. The summed E-state index contributed by atoms with van der Waals surface area (Å²) < 4.78 is 31.8. The van der Waals surface area contributed by atoms with Crippen LogP contribution in [0, 0.1) is 0 Å². The molecule has 134 valence electrons. The number of rotatable bonds is 2. The fraction of sp³-hybridized carbons (Fsp3) is 0.571. The van der Waals surface area contributed by atoms with Crippen molar-refractivity contribution in [3.8, 4) is 0 Å². The van der Waals surface area contributed by atoms with E-state index in [0.29, 0.717) is 0 Å². The van der Waals surface area contributed by atoms with E-state index in [1.54, 1.807) is 20.8 Å². The van der Waals surface area contributed by atoms with E-state index in [1.165, 1.54) is 21.5 Å². The number of sulfonamides is 1. The second kappa shape index (κ2) is 7.03. The molecule has 0 aromatic carbocycles. The fourth-order valence-electron chi connectivity index (χ4n) is 2.13. The number of aromatic nitrogens is 1. The molecule has 0 saturated carbocycles. The van der Waals surface area contributed by atoms with E-state index in [0.717, 1.165) is 0 Å². The van der Waals surface area contributed by atoms with Crippen molar-refractivity contribution >= 4 is 39.3 Å². The lowest BCUT2D eigenvalue weighted by atomic mass is 10.2. The van der Waals surface area contributed by atoms with Crippen LogP contribution in [0.1, 0.15) is 20.8 Å². The van der Waals surface area contributed by atoms with Gasteiger partial charge in [-0.1, -0.05) is 23.2 Å². The first-order chi connectivity index (χ1) is 11.0. The van der Waals surface area contributed by atoms with E-state index >= 15 is 0 Å². The number of nitrogens with zero attached hydrogens (tertiary/aromatic N) is 3. The van der Waals surface area contributed by atoms with Gasteiger partial charge in [-0.3, -0.25) is 0 Å². The third-order valence-electron chi connectivity index (χ3n) is 3.30. The number of hydrogen-bond donors (Lipinski definition) is 0. The molecule has 1 saturated heterocycles. The molecule has 0 bridgehead atoms. The van der Waals surface area contributed by atoms with Crippen LogP contribution in [0.4, 0.5) is 4.79 Å². The number of piperazine rings is 1. The Morgan fingerprint density at radius 1 is 1.21 bits per heavy atom. The third-order valence-corrected chi connectivity index (χ3v) is 5.85. The SMILES string of the molecule is CC(C)(C)OC(=O)N1CCN(S(=O)(=O)c2cnc(Cl)c(Cl)c2)CC1. The lowest BCUT2D eigenvalue weighted by Gasteiger charge is -2.34. The number of halogens is 2. The van der Waals surface area contributed by atoms with Crippen LogP contribution in [0.2, 0.25) is 10.2 Å². The molecule has 0 radical (unpaired) electrons. The first-order valence-corrected chi connectivity index (χ1v) is 9.49. The maximum absolute atomic E-state index is 12.6. The second-order valence-electron chi connectivity index (χ2n) is 6.32. The van der Waals surface area contributed by atoms with Crippen LogP contribution in [0.25, 0.3) is 0 Å². The lowest BCUT2D eigenvalue weighted by molar-refractivity contribution is 0.0192. The molecule has 1 amide bonds. The average Bonchev–Trinajstić information content (AvgIpc) is 2.48. The Balaban J connectivity index is 2.05. The van der Waals surface area contributed by atoms with E-state index in [9.17, 15) is 13.2 Å². The number of ether oxygens (including phenoxy) is 1. The van der Waals surface area contributed by atoms with Gasteiger partial charge in [-0.15, -0.1) is 0 Å². The Bertz CT molecular complexity index is 726. The summed E-state index contributed by atoms with van der Waals surface area (Å²) in [6.45, 7) is 6.18. The normalized spacial score (nSPS) is 17.0. The molecular formula is C14H19Cl2N3O4S. The van der Waals surface area contributed by atoms with Gasteiger partial charge in [-0.25, -0.2) is 18.2 Å². The molecule has 1 aliphatic heterocycles. The van der Waals surface area contributed by atoms with E-state index in [2.05, 4.69) is 4.98 Å². The van der Waals surface area contributed by atoms with Gasteiger partial charge >= 0.3 is 6.09 Å². The van der Waals surface area contributed by atoms with Crippen LogP contribution in [0.5, 0.6) is 0 Å². The molecule has 0 unspecified atom stereocenters. The number of hydrogen-bond acceptors (Lipinski definition) is 5. The summed E-state index contributed by atoms with van der Waals surface area (Å²) in [5.41, 5.74) is -0.591. The molecule has 1 aromatic heterocycles. The van der Waals surface area contributed by atoms with Crippen molar-refractivity contribution < 1.29 is 17.9 Å². The Morgan fingerprint density at radius 2 is 1.79 bits per heavy atom. The lowest BCUT2D eigenvalue weighted by Crippen LogP contribution is -2.51. The number of pyridine rings is 1. The van der Waals surface area contributed by atoms with Crippen LogP contribution in [-0.2, 0) is 14.8 Å². The van der Waals surface area contributed by atoms with E-state index in [4.69, 9.17) is 27.9 Å². The largest absolute Gasteiger partial charge is 0.444 e. The Labute approximate surface area is 151 Å². The summed E-state index contributed by atoms with van der Waals surface area (Å²) in [5.74, 6) is 0. The molecule has 2 rings (SSSR count). The van der Waals surface area contributed by atoms with Crippen molar-refractivity contribution in [2.45, 2.75) is 31.3 Å². The van der Waals surface area contributed by atoms with Crippen molar-refractivity contribution in [3.05, 3.63) is 22.4 Å². The number of carbonyl (C=O) groups excluding carboxylic acids is 1. The summed E-state index contributed by atoms with van der Waals surface area (Å²) in [4.78, 5) is 17.2. The average molecular weight is 396 g/mol. The number of amides is 1. The van der Waals surface area contributed by atoms with Gasteiger partial charge < -0.3 is 9.64 Å². The topological polar surface area (TPSA) is 79.8 Å². The summed E-state index contributed by atoms with van der Waals surface area (Å²) in [5, 5.41) is 0.121. The smallest absolute Gasteiger partial charge is 0.410 e. The summed E-state index contributed by atoms with van der Waals surface area (Å²) in [6, 6.07) is 1.27. The molecular weight excluding hydrogens is 377 g/mol. The molecule has 0 atom stereocenters. The molecule has 2 heterocycles. The van der Waals surface area contributed by atoms with Crippen LogP contribution < -0.4 is 0 Å². The Kier molecular flexibility index (Phi) is 5.64. The van der Waals surface area contributed by atoms with Gasteiger partial charge in [0, 0.05) is 32.4 Å². The number of carbonyl (C=O) groups is 1. The molecule has 1 aliphatic rings. The minimum atomic E-state index is -3.74. The van der Waals surface area contributed by atoms with E-state index in [1.807, 2.05) is 0 Å². The van der Waals surface area contributed by atoms with E-state index in [-0.39, 0.29) is 41.3 Å². The van der Waals surface area contributed by atoms with Crippen LogP contribution in [-0.4, -0.2) is 60.5 Å². The molecule has 10 heteroatoms. The first-order valence-electron chi connectivity index (χ1n) is 7.30. The molecule has 0 aliphatic carbocycles. The molecule has 0 spiro atoms. The second-order valence-corrected chi connectivity index (χ2v) is 9.02. The highest BCUT2D eigenvalue weighted by molar-refractivity contribution is 7.89. The molecule has 7 nitrogen and oxygen atoms in total. The van der Waals surface area contributed by atoms with Crippen LogP contribution in [0.15, 0.2) is 17.2 Å². The van der Waals surface area contributed by atoms with Crippen LogP contribution >= 0.6 is 23.2 Å². The van der Waals surface area contributed by atoms with Gasteiger partial charge in [0.05, 0.1) is 5.02 Å². The maximum atomic E-state index is 12.6. The van der Waals surface area contributed by atoms with E-state index < -0.39 is 21.7 Å². The predicted molar refractivity (Wildman–Crippen MR) is 90.8 cm³/mol. The zero-order chi connectivity index (χ0) is 18.1. The van der Waals surface area contributed by atoms with Gasteiger partial charge in [0.25, 0.3) is 0 Å². The molecule has 24 heavy (non-hydrogen) atoms. The van der Waals surface area contributed by atoms with Gasteiger partial charge in [-0.2, -0.15) is 4.31 Å². The van der Waals surface area contributed by atoms with Crippen molar-refractivity contribution in [2.24, 2.45) is 0 Å². The fourth-order valence-corrected chi connectivity index (χ4v) is 3.86. The maximum Gasteiger partial charge on any atom is 0.410 e. The Morgan fingerprint density at radius 3 is 2.29 bits per heavy atom. The summed E-state index contributed by atoms with van der Waals surface area (Å²) >= 11 is 11.6. The minimum Gasteiger partial charge on any atom is -0.444 e. The highest BCUT2D eigenvalue weighted by Crippen LogP contribution is 2.25.